The van der Waals surface area contributed by atoms with Crippen molar-refractivity contribution in [2.75, 3.05) is 39.6 Å². The molecule has 6 aliphatic rings. The van der Waals surface area contributed by atoms with Gasteiger partial charge in [0.05, 0.1) is 45.7 Å². The fraction of sp³-hybridized carbons (Fsp3) is 0.790. The summed E-state index contributed by atoms with van der Waals surface area (Å²) in [7, 11) is 0. The minimum Gasteiger partial charge on any atom is -0.494 e. The second-order valence-corrected chi connectivity index (χ2v) is 24.9. The largest absolute Gasteiger partial charge is 0.494 e. The summed E-state index contributed by atoms with van der Waals surface area (Å²) in [6, 6.07) is -2.60. The normalized spacial score (nSPS) is 39.6. The van der Waals surface area contributed by atoms with Crippen molar-refractivity contribution >= 4 is 29.5 Å². The Morgan fingerprint density at radius 2 is 0.878 bits per heavy atom. The number of aliphatic hydroxyl groups is 14. The summed E-state index contributed by atoms with van der Waals surface area (Å²) in [5.41, 5.74) is 0.0314. The first kappa shape index (κ1) is 80.2. The monoisotopic (exact) mass is 1410 g/mol. The van der Waals surface area contributed by atoms with Crippen molar-refractivity contribution in [3.63, 3.8) is 0 Å². The number of benzene rings is 1. The Bertz CT molecular complexity index is 2770. The topological polar surface area (TPSA) is 539 Å². The summed E-state index contributed by atoms with van der Waals surface area (Å²) in [6.45, 7) is 3.20. The van der Waals surface area contributed by atoms with Gasteiger partial charge in [-0.15, -0.1) is 11.8 Å². The molecule has 19 N–H and O–H groups in total. The highest BCUT2D eigenvalue weighted by atomic mass is 16.8. The lowest BCUT2D eigenvalue weighted by atomic mass is 9.93. The van der Waals surface area contributed by atoms with Crippen LogP contribution in [0.2, 0.25) is 0 Å². The molecular formula is C62H97N5O31. The zero-order chi connectivity index (χ0) is 71.8. The molecule has 0 saturated carbocycles. The number of unbranched alkanes of at least 4 members (excludes halogenated alkanes) is 5. The number of hydrogen-bond donors (Lipinski definition) is 19. The Balaban J connectivity index is 1.07. The fourth-order valence-electron chi connectivity index (χ4n) is 12.3. The lowest BCUT2D eigenvalue weighted by Gasteiger charge is -2.51. The molecule has 36 heteroatoms. The number of ether oxygens (including phenoxy) is 12. The molecule has 7 rings (SSSR count). The first-order valence-corrected chi connectivity index (χ1v) is 32.6. The molecule has 30 atom stereocenters. The molecule has 6 aliphatic heterocycles. The third-order valence-electron chi connectivity index (χ3n) is 17.4. The van der Waals surface area contributed by atoms with Gasteiger partial charge in [0, 0.05) is 46.1 Å². The molecule has 6 heterocycles. The smallest absolute Gasteiger partial charge is 0.251 e. The number of nitrogens with one attached hydrogen (secondary N) is 5. The summed E-state index contributed by atoms with van der Waals surface area (Å²) >= 11 is 0. The fourth-order valence-corrected chi connectivity index (χ4v) is 12.3. The average Bonchev–Trinajstić information content (AvgIpc) is 0.772. The van der Waals surface area contributed by atoms with E-state index in [2.05, 4.69) is 45.3 Å². The van der Waals surface area contributed by atoms with E-state index in [4.69, 9.17) is 56.8 Å². The van der Waals surface area contributed by atoms with Crippen molar-refractivity contribution in [1.82, 2.24) is 26.6 Å². The predicted molar refractivity (Wildman–Crippen MR) is 327 cm³/mol. The van der Waals surface area contributed by atoms with Gasteiger partial charge in [-0.3, -0.25) is 24.0 Å². The Hall–Kier alpha value is -5.07. The molecule has 1 aromatic carbocycles. The van der Waals surface area contributed by atoms with Crippen LogP contribution in [-0.4, -0.2) is 325 Å². The van der Waals surface area contributed by atoms with Crippen LogP contribution in [0, 0.1) is 11.8 Å². The molecule has 0 radical (unpaired) electrons. The molecule has 0 aromatic heterocycles. The van der Waals surface area contributed by atoms with E-state index in [-0.39, 0.29) is 12.2 Å². The van der Waals surface area contributed by atoms with Crippen LogP contribution < -0.4 is 31.3 Å². The highest BCUT2D eigenvalue weighted by Crippen LogP contribution is 2.37. The summed E-state index contributed by atoms with van der Waals surface area (Å²) in [6.07, 6.45) is -38.5. The number of aliphatic hydroxyl groups excluding tert-OH is 14. The zero-order valence-corrected chi connectivity index (χ0v) is 55.0. The second-order valence-electron chi connectivity index (χ2n) is 24.9. The molecule has 5 amide bonds. The molecule has 0 bridgehead atoms. The summed E-state index contributed by atoms with van der Waals surface area (Å²) < 4.78 is 71.9. The number of amides is 5. The van der Waals surface area contributed by atoms with Crippen molar-refractivity contribution in [1.29, 1.82) is 0 Å². The van der Waals surface area contributed by atoms with Crippen molar-refractivity contribution in [2.24, 2.45) is 0 Å². The number of carbonyl (C=O) groups excluding carboxylic acids is 5. The Morgan fingerprint density at radius 1 is 0.449 bits per heavy atom. The summed E-state index contributed by atoms with van der Waals surface area (Å²) in [5.74, 6) is 2.53. The number of carbonyl (C=O) groups is 5. The molecular weight excluding hydrogens is 1310 g/mol. The van der Waals surface area contributed by atoms with E-state index >= 15 is 0 Å². The van der Waals surface area contributed by atoms with E-state index in [9.17, 15) is 95.5 Å². The van der Waals surface area contributed by atoms with Crippen LogP contribution in [0.15, 0.2) is 24.3 Å². The van der Waals surface area contributed by atoms with E-state index < -0.39 is 246 Å². The van der Waals surface area contributed by atoms with Crippen LogP contribution in [0.1, 0.15) is 96.8 Å². The quantitative estimate of drug-likeness (QED) is 0.0262. The zero-order valence-electron chi connectivity index (χ0n) is 55.0. The molecule has 6 fully saturated rings. The minimum atomic E-state index is -2.08. The lowest BCUT2D eigenvalue weighted by molar-refractivity contribution is -0.368. The SMILES string of the molecule is CCCCCCC#CCCCOc1cccc(C(=O)N[C@@H]2C(O[C@@H]3C(CO)O[C@@H](OC4C(CO)O[C@@H](O[C@@H]5C(CO)OC(OC6C(CO[C@@H]7OC(C)C(O)[C@H](O)[C@H]7O)O[C@@H](O)[C@@H](NC(C)=O)[C@H]6O)C(NC(C)=O)C5O)[C@@H](NC(C)=O)[C@H]4O)C(NC(C)=O)C3O)OC(CO)[C@@H](O)[C@@H]2O)c1. The van der Waals surface area contributed by atoms with Gasteiger partial charge in [-0.05, 0) is 38.0 Å². The van der Waals surface area contributed by atoms with Crippen molar-refractivity contribution in [3.8, 4) is 17.6 Å². The predicted octanol–water partition coefficient (Wildman–Crippen LogP) is -7.93. The maximum absolute atomic E-state index is 13.9. The Labute approximate surface area is 564 Å². The summed E-state index contributed by atoms with van der Waals surface area (Å²) in [4.78, 5) is 65.0. The highest BCUT2D eigenvalue weighted by Gasteiger charge is 2.58. The highest BCUT2D eigenvalue weighted by molar-refractivity contribution is 5.94. The molecule has 15 unspecified atom stereocenters. The minimum absolute atomic E-state index is 0.0314. The molecule has 0 spiro atoms. The molecule has 1 aromatic rings. The molecule has 6 saturated heterocycles. The van der Waals surface area contributed by atoms with Gasteiger partial charge in [0.2, 0.25) is 23.6 Å². The third-order valence-corrected chi connectivity index (χ3v) is 17.4. The van der Waals surface area contributed by atoms with Crippen LogP contribution in [-0.2, 0) is 71.3 Å². The van der Waals surface area contributed by atoms with E-state index in [0.717, 1.165) is 59.8 Å². The van der Waals surface area contributed by atoms with Crippen molar-refractivity contribution < 1.29 is 152 Å². The van der Waals surface area contributed by atoms with E-state index in [1.54, 1.807) is 12.1 Å². The van der Waals surface area contributed by atoms with Gasteiger partial charge in [-0.2, -0.15) is 0 Å². The summed E-state index contributed by atoms with van der Waals surface area (Å²) in [5, 5.41) is 168. The van der Waals surface area contributed by atoms with Gasteiger partial charge in [0.1, 0.15) is 146 Å². The van der Waals surface area contributed by atoms with Gasteiger partial charge in [0.25, 0.3) is 5.91 Å². The number of rotatable bonds is 29. The maximum Gasteiger partial charge on any atom is 0.251 e. The Morgan fingerprint density at radius 3 is 1.34 bits per heavy atom. The van der Waals surface area contributed by atoms with Crippen LogP contribution in [0.5, 0.6) is 5.75 Å². The maximum atomic E-state index is 13.9. The standard InChI is InChI=1S/C62H97N5O31/c1-7-8-9-10-11-12-13-14-15-19-87-32-18-16-17-31(20-32)56(85)67-39-45(78)44(77)33(21-68)91-58(39)95-52-34(22-69)92-59(40(47(52)80)64-28(4)73)96-53-35(23-70)93-60(41(48(53)81)65-29(5)74)97-54-36(24-71)94-61(42(49(54)82)66-30(6)75)98-55-37(90-57(86)38(46(55)79)63-27(3)72)25-88-62-51(84)50(83)43(76)26(2)89-62/h16-18,20,26,33-55,57-62,68-71,76-84,86H,7-11,14-15,19,21-25H2,1-6H3,(H,63,72)(H,64,73)(H,65,74)(H,66,75)(H,67,85)/t26?,33?,34?,35?,36?,37?,38-,39-,40?,41-,42?,43?,44+,45+,46+,47?,48+,49?,50-,51+,52+,53?,54+,55?,57+,58?,59-,60-,61?,62+/m0/s1. The van der Waals surface area contributed by atoms with Crippen LogP contribution in [0.3, 0.4) is 0 Å². The molecule has 0 aliphatic carbocycles. The van der Waals surface area contributed by atoms with Crippen LogP contribution >= 0.6 is 0 Å². The van der Waals surface area contributed by atoms with Crippen LogP contribution in [0.4, 0.5) is 0 Å². The van der Waals surface area contributed by atoms with Gasteiger partial charge in [-0.25, -0.2) is 0 Å². The molecule has 36 nitrogen and oxygen atoms in total. The van der Waals surface area contributed by atoms with Gasteiger partial charge in [-0.1, -0.05) is 32.3 Å². The number of hydrogen-bond acceptors (Lipinski definition) is 31. The van der Waals surface area contributed by atoms with Gasteiger partial charge in [0.15, 0.2) is 37.7 Å². The van der Waals surface area contributed by atoms with Crippen molar-refractivity contribution in [2.45, 2.75) is 270 Å². The van der Waals surface area contributed by atoms with Gasteiger partial charge >= 0.3 is 0 Å². The first-order chi connectivity index (χ1) is 46.7. The molecule has 556 valence electrons. The van der Waals surface area contributed by atoms with E-state index in [1.165, 1.54) is 19.1 Å². The van der Waals surface area contributed by atoms with Gasteiger partial charge < -0.3 is 155 Å². The van der Waals surface area contributed by atoms with Crippen molar-refractivity contribution in [3.05, 3.63) is 29.8 Å². The lowest BCUT2D eigenvalue weighted by Crippen LogP contribution is -2.72. The third kappa shape index (κ3) is 20.4. The Kier molecular flexibility index (Phi) is 30.9. The van der Waals surface area contributed by atoms with E-state index in [1.807, 2.05) is 0 Å². The molecule has 98 heavy (non-hydrogen) atoms. The first-order valence-electron chi connectivity index (χ1n) is 32.6. The van der Waals surface area contributed by atoms with Crippen LogP contribution in [0.25, 0.3) is 0 Å². The second kappa shape index (κ2) is 37.7. The average molecular weight is 1410 g/mol. The van der Waals surface area contributed by atoms with E-state index in [0.29, 0.717) is 18.6 Å².